The number of aromatic hydroxyl groups is 1. The summed E-state index contributed by atoms with van der Waals surface area (Å²) in [5.74, 6) is -0.113. The number of hydrogen-bond donors (Lipinski definition) is 2. The summed E-state index contributed by atoms with van der Waals surface area (Å²) in [5, 5.41) is 20.9. The van der Waals surface area contributed by atoms with Crippen molar-refractivity contribution in [2.24, 2.45) is 0 Å². The number of nitrogens with one attached hydrogen (secondary N) is 1. The number of rotatable bonds is 2. The molecular formula is C23H15ClN2O2S. The van der Waals surface area contributed by atoms with Crippen LogP contribution in [0.5, 0.6) is 5.75 Å². The maximum atomic E-state index is 12.7. The van der Waals surface area contributed by atoms with E-state index >= 15 is 0 Å². The lowest BCUT2D eigenvalue weighted by atomic mass is 9.97. The predicted octanol–water partition coefficient (Wildman–Crippen LogP) is 5.64. The Morgan fingerprint density at radius 1 is 1.07 bits per heavy atom. The van der Waals surface area contributed by atoms with Gasteiger partial charge in [-0.3, -0.25) is 4.79 Å². The third-order valence-electron chi connectivity index (χ3n) is 5.46. The molecule has 0 atom stereocenters. The van der Waals surface area contributed by atoms with E-state index in [4.69, 9.17) is 11.6 Å². The zero-order valence-electron chi connectivity index (χ0n) is 15.3. The van der Waals surface area contributed by atoms with Gasteiger partial charge in [-0.25, -0.2) is 0 Å². The number of H-pyrrole nitrogens is 1. The summed E-state index contributed by atoms with van der Waals surface area (Å²) >= 11 is 7.81. The average molecular weight is 419 g/mol. The molecule has 4 aromatic rings. The standard InChI is InChI=1S/C23H15ClN2O2S/c24-21-17(16-8-7-13-4-2-5-14(13)10-16)19-20(27)18(22(28)26-23(19)29-21)15-6-1-3-12(9-15)11-25/h1,3,6-10H,2,4-5H2,(H2,26,27,28). The van der Waals surface area contributed by atoms with Crippen LogP contribution in [-0.4, -0.2) is 10.1 Å². The lowest BCUT2D eigenvalue weighted by Crippen LogP contribution is -2.08. The van der Waals surface area contributed by atoms with Crippen LogP contribution < -0.4 is 5.56 Å². The van der Waals surface area contributed by atoms with Gasteiger partial charge in [-0.1, -0.05) is 41.9 Å². The van der Waals surface area contributed by atoms with E-state index in [-0.39, 0.29) is 11.3 Å². The number of aryl methyl sites for hydroxylation is 2. The Kier molecular flexibility index (Phi) is 4.20. The van der Waals surface area contributed by atoms with Gasteiger partial charge in [0.25, 0.3) is 5.56 Å². The summed E-state index contributed by atoms with van der Waals surface area (Å²) in [4.78, 5) is 16.1. The summed E-state index contributed by atoms with van der Waals surface area (Å²) < 4.78 is 0.520. The fourth-order valence-electron chi connectivity index (χ4n) is 4.11. The minimum absolute atomic E-state index is 0.113. The number of thiophene rings is 1. The second-order valence-electron chi connectivity index (χ2n) is 7.16. The van der Waals surface area contributed by atoms with Gasteiger partial charge in [-0.15, -0.1) is 11.3 Å². The van der Waals surface area contributed by atoms with Crippen molar-refractivity contribution >= 4 is 33.2 Å². The predicted molar refractivity (Wildman–Crippen MR) is 117 cm³/mol. The van der Waals surface area contributed by atoms with Gasteiger partial charge in [0.05, 0.1) is 22.6 Å². The zero-order valence-corrected chi connectivity index (χ0v) is 16.8. The molecule has 1 aliphatic rings. The van der Waals surface area contributed by atoms with Gasteiger partial charge in [0.2, 0.25) is 0 Å². The van der Waals surface area contributed by atoms with Crippen LogP contribution in [0.25, 0.3) is 32.5 Å². The highest BCUT2D eigenvalue weighted by Crippen LogP contribution is 2.47. The van der Waals surface area contributed by atoms with Crippen molar-refractivity contribution in [3.8, 4) is 34.1 Å². The summed E-state index contributed by atoms with van der Waals surface area (Å²) in [5.41, 5.74) is 4.97. The molecule has 0 spiro atoms. The second-order valence-corrected chi connectivity index (χ2v) is 8.78. The van der Waals surface area contributed by atoms with Gasteiger partial charge in [0.15, 0.2) is 0 Å². The first-order chi connectivity index (χ1) is 14.1. The number of nitrogens with zero attached hydrogens (tertiary/aromatic N) is 1. The number of hydrogen-bond acceptors (Lipinski definition) is 4. The summed E-state index contributed by atoms with van der Waals surface area (Å²) in [6.45, 7) is 0. The van der Waals surface area contributed by atoms with E-state index in [0.29, 0.717) is 25.7 Å². The molecule has 0 unspecified atom stereocenters. The third kappa shape index (κ3) is 2.84. The van der Waals surface area contributed by atoms with Crippen molar-refractivity contribution in [3.63, 3.8) is 0 Å². The average Bonchev–Trinajstić information content (AvgIpc) is 3.31. The van der Waals surface area contributed by atoms with E-state index in [1.165, 1.54) is 22.5 Å². The van der Waals surface area contributed by atoms with Gasteiger partial charge >= 0.3 is 0 Å². The highest BCUT2D eigenvalue weighted by atomic mass is 35.5. The monoisotopic (exact) mass is 418 g/mol. The van der Waals surface area contributed by atoms with Crippen LogP contribution in [0.1, 0.15) is 23.1 Å². The molecule has 2 aromatic carbocycles. The molecule has 0 saturated heterocycles. The number of benzene rings is 2. The Morgan fingerprint density at radius 2 is 1.86 bits per heavy atom. The molecule has 0 radical (unpaired) electrons. The van der Waals surface area contributed by atoms with Crippen LogP contribution in [0.2, 0.25) is 4.34 Å². The Bertz CT molecular complexity index is 1390. The van der Waals surface area contributed by atoms with E-state index < -0.39 is 5.56 Å². The Morgan fingerprint density at radius 3 is 2.69 bits per heavy atom. The van der Waals surface area contributed by atoms with Crippen molar-refractivity contribution < 1.29 is 5.11 Å². The fraction of sp³-hybridized carbons (Fsp3) is 0.130. The molecule has 0 fully saturated rings. The van der Waals surface area contributed by atoms with Crippen LogP contribution in [-0.2, 0) is 12.8 Å². The highest BCUT2D eigenvalue weighted by Gasteiger charge is 2.23. The Labute approximate surface area is 175 Å². The lowest BCUT2D eigenvalue weighted by Gasteiger charge is -2.09. The SMILES string of the molecule is N#Cc1cccc(-c2c(O)c3c(-c4ccc5c(c4)CCC5)c(Cl)sc3[nH]c2=O)c1. The smallest absolute Gasteiger partial charge is 0.260 e. The summed E-state index contributed by atoms with van der Waals surface area (Å²) in [6.07, 6.45) is 3.28. The fourth-order valence-corrected chi connectivity index (χ4v) is 5.49. The molecule has 1 aliphatic carbocycles. The van der Waals surface area contributed by atoms with Crippen molar-refractivity contribution in [3.05, 3.63) is 73.8 Å². The third-order valence-corrected chi connectivity index (χ3v) is 6.77. The van der Waals surface area contributed by atoms with Crippen molar-refractivity contribution in [2.75, 3.05) is 0 Å². The van der Waals surface area contributed by atoms with Crippen molar-refractivity contribution in [2.45, 2.75) is 19.3 Å². The molecule has 0 amide bonds. The van der Waals surface area contributed by atoms with Gasteiger partial charge in [-0.2, -0.15) is 5.26 Å². The zero-order chi connectivity index (χ0) is 20.1. The first-order valence-corrected chi connectivity index (χ1v) is 10.5. The minimum Gasteiger partial charge on any atom is -0.506 e. The van der Waals surface area contributed by atoms with Gasteiger partial charge in [0.1, 0.15) is 14.9 Å². The summed E-state index contributed by atoms with van der Waals surface area (Å²) in [7, 11) is 0. The number of pyridine rings is 1. The highest BCUT2D eigenvalue weighted by molar-refractivity contribution is 7.23. The first-order valence-electron chi connectivity index (χ1n) is 9.27. The molecule has 6 heteroatoms. The van der Waals surface area contributed by atoms with Crippen LogP contribution >= 0.6 is 22.9 Å². The number of fused-ring (bicyclic) bond motifs is 2. The molecule has 2 N–H and O–H groups in total. The number of nitriles is 1. The van der Waals surface area contributed by atoms with Gasteiger partial charge in [0, 0.05) is 5.56 Å². The molecule has 2 aromatic heterocycles. The molecule has 0 aliphatic heterocycles. The van der Waals surface area contributed by atoms with Gasteiger partial charge < -0.3 is 10.1 Å². The topological polar surface area (TPSA) is 76.9 Å². The van der Waals surface area contributed by atoms with E-state index in [1.54, 1.807) is 24.3 Å². The Hall–Kier alpha value is -3.07. The maximum absolute atomic E-state index is 12.7. The van der Waals surface area contributed by atoms with Crippen LogP contribution in [0, 0.1) is 11.3 Å². The van der Waals surface area contributed by atoms with E-state index in [2.05, 4.69) is 23.2 Å². The molecule has 0 bridgehead atoms. The summed E-state index contributed by atoms with van der Waals surface area (Å²) in [6, 6.07) is 15.0. The molecule has 142 valence electrons. The molecule has 29 heavy (non-hydrogen) atoms. The first kappa shape index (κ1) is 18.0. The largest absolute Gasteiger partial charge is 0.506 e. The molecule has 0 saturated carbocycles. The number of aromatic nitrogens is 1. The number of halogens is 1. The van der Waals surface area contributed by atoms with Crippen LogP contribution in [0.15, 0.2) is 47.3 Å². The lowest BCUT2D eigenvalue weighted by molar-refractivity contribution is 0.483. The second kappa shape index (κ2) is 6.77. The van der Waals surface area contributed by atoms with Crippen LogP contribution in [0.4, 0.5) is 0 Å². The number of aromatic amines is 1. The molecule has 2 heterocycles. The quantitative estimate of drug-likeness (QED) is 0.442. The van der Waals surface area contributed by atoms with E-state index in [0.717, 1.165) is 30.4 Å². The van der Waals surface area contributed by atoms with Gasteiger partial charge in [-0.05, 0) is 53.6 Å². The maximum Gasteiger partial charge on any atom is 0.260 e. The van der Waals surface area contributed by atoms with E-state index in [1.807, 2.05) is 6.07 Å². The van der Waals surface area contributed by atoms with Crippen molar-refractivity contribution in [1.29, 1.82) is 5.26 Å². The Balaban J connectivity index is 1.80. The minimum atomic E-state index is -0.413. The molecule has 5 rings (SSSR count). The normalized spacial score (nSPS) is 12.8. The molecular weight excluding hydrogens is 404 g/mol. The van der Waals surface area contributed by atoms with E-state index in [9.17, 15) is 15.2 Å². The molecule has 4 nitrogen and oxygen atoms in total. The van der Waals surface area contributed by atoms with Crippen LogP contribution in [0.3, 0.4) is 0 Å². The van der Waals surface area contributed by atoms with Crippen molar-refractivity contribution in [1.82, 2.24) is 4.98 Å².